The van der Waals surface area contributed by atoms with Crippen molar-refractivity contribution >= 4 is 38.4 Å². The van der Waals surface area contributed by atoms with Gasteiger partial charge in [0.05, 0.1) is 29.2 Å². The summed E-state index contributed by atoms with van der Waals surface area (Å²) in [6.07, 6.45) is -1.45. The van der Waals surface area contributed by atoms with Crippen LogP contribution in [0.4, 0.5) is 0 Å². The lowest BCUT2D eigenvalue weighted by Gasteiger charge is -2.23. The average Bonchev–Trinajstić information content (AvgIpc) is 3.62. The van der Waals surface area contributed by atoms with Gasteiger partial charge in [-0.2, -0.15) is 0 Å². The zero-order valence-corrected chi connectivity index (χ0v) is 21.1. The Bertz CT molecular complexity index is 3050. The summed E-state index contributed by atoms with van der Waals surface area (Å²) >= 11 is 0. The van der Waals surface area contributed by atoms with Crippen LogP contribution < -0.4 is 4.74 Å². The van der Waals surface area contributed by atoms with Crippen molar-refractivity contribution in [2.45, 2.75) is 12.0 Å². The van der Waals surface area contributed by atoms with Crippen molar-refractivity contribution in [3.63, 3.8) is 0 Å². The number of ether oxygens (including phenoxy) is 1. The molecule has 1 heteroatoms. The van der Waals surface area contributed by atoms with E-state index >= 15 is 0 Å². The Hall–Kier alpha value is -5.14. The highest BCUT2D eigenvalue weighted by molar-refractivity contribution is 6.23. The van der Waals surface area contributed by atoms with Crippen LogP contribution in [0, 0.1) is 0 Å². The van der Waals surface area contributed by atoms with Crippen LogP contribution in [0.3, 0.4) is 0 Å². The van der Waals surface area contributed by atoms with Gasteiger partial charge in [-0.1, -0.05) is 127 Å². The van der Waals surface area contributed by atoms with E-state index in [9.17, 15) is 9.60 Å². The van der Waals surface area contributed by atoms with E-state index in [4.69, 9.17) is 18.4 Å². The fraction of sp³-hybridized carbons (Fsp3) is 0.0500. The van der Waals surface area contributed by atoms with E-state index in [-0.39, 0.29) is 55.1 Å². The van der Waals surface area contributed by atoms with Crippen molar-refractivity contribution in [1.29, 1.82) is 0 Å². The van der Waals surface area contributed by atoms with E-state index in [1.54, 1.807) is 30.3 Å². The molecule has 192 valence electrons. The molecule has 2 atom stereocenters. The minimum Gasteiger partial charge on any atom is -0.485 e. The van der Waals surface area contributed by atoms with Gasteiger partial charge in [0.1, 0.15) is 11.9 Å². The SMILES string of the molecule is [2H]C1=C([2H])C2Oc3c([2H])c([2H])c(-c4c5c([2H])c([2H])c([2H])c([2H])c5c(-c5cccc6ccccc56)c5c([2H])c([2H])c([2H])c([2H])c45)c([2H])c3C2c2c([2H])c([2H])c([2H])c([2H])c21. The molecule has 0 aromatic heterocycles. The van der Waals surface area contributed by atoms with E-state index in [0.29, 0.717) is 10.9 Å². The molecule has 1 aliphatic carbocycles. The minimum atomic E-state index is -1.45. The first-order valence-electron chi connectivity index (χ1n) is 21.5. The molecule has 0 bridgehead atoms. The van der Waals surface area contributed by atoms with Crippen molar-refractivity contribution in [2.24, 2.45) is 0 Å². The van der Waals surface area contributed by atoms with Crippen LogP contribution in [0.2, 0.25) is 0 Å². The van der Waals surface area contributed by atoms with Crippen molar-refractivity contribution in [1.82, 2.24) is 0 Å². The minimum absolute atomic E-state index is 0.0578. The molecular weight excluding hydrogens is 496 g/mol. The van der Waals surface area contributed by atoms with Gasteiger partial charge in [0, 0.05) is 5.56 Å². The quantitative estimate of drug-likeness (QED) is 0.199. The first-order chi connectivity index (χ1) is 27.4. The highest BCUT2D eigenvalue weighted by atomic mass is 16.5. The normalized spacial score (nSPS) is 23.2. The fourth-order valence-electron chi connectivity index (χ4n) is 5.99. The molecule has 0 spiro atoms. The molecule has 2 unspecified atom stereocenters. The predicted octanol–water partition coefficient (Wildman–Crippen LogP) is 10.4. The first-order valence-corrected chi connectivity index (χ1v) is 13.0. The van der Waals surface area contributed by atoms with Gasteiger partial charge in [0.2, 0.25) is 0 Å². The van der Waals surface area contributed by atoms with Gasteiger partial charge in [-0.3, -0.25) is 0 Å². The first kappa shape index (κ1) is 11.8. The largest absolute Gasteiger partial charge is 0.485 e. The molecule has 7 aromatic carbocycles. The van der Waals surface area contributed by atoms with Crippen molar-refractivity contribution in [2.75, 3.05) is 0 Å². The molecule has 0 radical (unpaired) electrons. The molecule has 1 aliphatic heterocycles. The lowest BCUT2D eigenvalue weighted by atomic mass is 9.80. The second-order valence-corrected chi connectivity index (χ2v) is 9.84. The van der Waals surface area contributed by atoms with Crippen LogP contribution in [-0.2, 0) is 0 Å². The summed E-state index contributed by atoms with van der Waals surface area (Å²) in [4.78, 5) is 0. The van der Waals surface area contributed by atoms with Gasteiger partial charge in [-0.05, 0) is 83.8 Å². The molecule has 7 aromatic rings. The summed E-state index contributed by atoms with van der Waals surface area (Å²) in [6, 6.07) is 1.76. The highest BCUT2D eigenvalue weighted by Gasteiger charge is 2.37. The molecule has 0 amide bonds. The lowest BCUT2D eigenvalue weighted by molar-refractivity contribution is 0.267. The Morgan fingerprint density at radius 1 is 0.585 bits per heavy atom. The van der Waals surface area contributed by atoms with Gasteiger partial charge in [-0.25, -0.2) is 0 Å². The predicted molar refractivity (Wildman–Crippen MR) is 172 cm³/mol. The Morgan fingerprint density at radius 2 is 1.27 bits per heavy atom. The van der Waals surface area contributed by atoms with Gasteiger partial charge in [0.15, 0.2) is 0 Å². The molecule has 9 rings (SSSR count). The van der Waals surface area contributed by atoms with E-state index in [1.165, 1.54) is 0 Å². The van der Waals surface area contributed by atoms with Crippen molar-refractivity contribution < 1.29 is 28.0 Å². The molecule has 0 saturated heterocycles. The Labute approximate surface area is 262 Å². The molecular formula is C40H26O. The maximum absolute atomic E-state index is 9.84. The zero-order chi connectivity index (χ0) is 41.7. The average molecular weight is 540 g/mol. The fourth-order valence-corrected chi connectivity index (χ4v) is 5.99. The molecule has 1 nitrogen and oxygen atoms in total. The summed E-state index contributed by atoms with van der Waals surface area (Å²) < 4.78 is 159. The van der Waals surface area contributed by atoms with Crippen LogP contribution in [-0.4, -0.2) is 6.10 Å². The molecule has 41 heavy (non-hydrogen) atoms. The van der Waals surface area contributed by atoms with Gasteiger partial charge >= 0.3 is 0 Å². The Morgan fingerprint density at radius 3 is 2.07 bits per heavy atom. The summed E-state index contributed by atoms with van der Waals surface area (Å²) in [7, 11) is 0. The number of hydrogen-bond donors (Lipinski definition) is 0. The van der Waals surface area contributed by atoms with E-state index in [1.807, 2.05) is 12.1 Å². The monoisotopic (exact) mass is 539 g/mol. The third kappa shape index (κ3) is 3.30. The molecule has 0 N–H and O–H groups in total. The number of rotatable bonds is 2. The molecule has 0 saturated carbocycles. The summed E-state index contributed by atoms with van der Waals surface area (Å²) in [6.45, 7) is 0. The number of fused-ring (bicyclic) bond motifs is 8. The van der Waals surface area contributed by atoms with Gasteiger partial charge < -0.3 is 4.74 Å². The van der Waals surface area contributed by atoms with Crippen LogP contribution in [0.25, 0.3) is 60.6 Å². The van der Waals surface area contributed by atoms with Gasteiger partial charge in [-0.15, -0.1) is 0 Å². The third-order valence-corrected chi connectivity index (χ3v) is 7.71. The van der Waals surface area contributed by atoms with E-state index < -0.39 is 120 Å². The molecule has 0 fully saturated rings. The second kappa shape index (κ2) is 8.68. The lowest BCUT2D eigenvalue weighted by Crippen LogP contribution is -2.20. The molecule has 2 aliphatic rings. The molecule has 1 heterocycles. The third-order valence-electron chi connectivity index (χ3n) is 7.71. The summed E-state index contributed by atoms with van der Waals surface area (Å²) in [5.74, 6) is -1.74. The van der Waals surface area contributed by atoms with Crippen LogP contribution >= 0.6 is 0 Å². The zero-order valence-electron chi connectivity index (χ0n) is 38.1. The highest BCUT2D eigenvalue weighted by Crippen LogP contribution is 2.50. The number of hydrogen-bond acceptors (Lipinski definition) is 1. The van der Waals surface area contributed by atoms with Crippen LogP contribution in [0.1, 0.15) is 45.9 Å². The summed E-state index contributed by atoms with van der Waals surface area (Å²) in [5, 5.41) is 0.424. The van der Waals surface area contributed by atoms with Gasteiger partial charge in [0.25, 0.3) is 0 Å². The standard InChI is InChI=1S/C40H26O/c1-3-13-28-25(10-1)12-9-19-30(28)39-33-17-7-5-15-31(33)38(32-16-6-8-18-34(32)39)27-21-22-36-35(24-27)40-29-14-4-2-11-26(29)20-23-37(40)41-36/h1-24,37,40H/i2D,4D,5D,6D,7D,8D,11D,14D,15D,16D,17D,18D,20D,21D,22D,23D,24D. The second-order valence-electron chi connectivity index (χ2n) is 9.84. The Kier molecular flexibility index (Phi) is 2.49. The topological polar surface area (TPSA) is 9.23 Å². The maximum Gasteiger partial charge on any atom is 0.128 e. The maximum atomic E-state index is 9.84. The summed E-state index contributed by atoms with van der Waals surface area (Å²) in [5.41, 5.74) is -1.03. The van der Waals surface area contributed by atoms with Crippen molar-refractivity contribution in [3.05, 3.63) is 156 Å². The van der Waals surface area contributed by atoms with Crippen molar-refractivity contribution in [3.8, 4) is 28.0 Å². The van der Waals surface area contributed by atoms with E-state index in [2.05, 4.69) is 0 Å². The Balaban J connectivity index is 1.54. The van der Waals surface area contributed by atoms with Crippen LogP contribution in [0.15, 0.2) is 139 Å². The smallest absolute Gasteiger partial charge is 0.128 e. The van der Waals surface area contributed by atoms with E-state index in [0.717, 1.165) is 5.39 Å². The van der Waals surface area contributed by atoms with Crippen LogP contribution in [0.5, 0.6) is 5.75 Å². The number of benzene rings is 7.